The zero-order chi connectivity index (χ0) is 14.2. The molecule has 2 aliphatic rings. The van der Waals surface area contributed by atoms with Crippen molar-refractivity contribution in [2.24, 2.45) is 0 Å². The van der Waals surface area contributed by atoms with Crippen molar-refractivity contribution < 1.29 is 13.2 Å². The number of alkyl halides is 3. The Morgan fingerprint density at radius 3 is 2.55 bits per heavy atom. The van der Waals surface area contributed by atoms with Gasteiger partial charge in [0.2, 0.25) is 10.1 Å². The Hall–Kier alpha value is -0.890. The first kappa shape index (κ1) is 14.1. The molecule has 1 saturated carbocycles. The van der Waals surface area contributed by atoms with E-state index in [1.54, 1.807) is 0 Å². The summed E-state index contributed by atoms with van der Waals surface area (Å²) in [6.07, 6.45) is 1.11. The van der Waals surface area contributed by atoms with E-state index in [-0.39, 0.29) is 0 Å². The summed E-state index contributed by atoms with van der Waals surface area (Å²) in [6, 6.07) is 0.690. The second-order valence-corrected chi connectivity index (χ2v) is 6.37. The van der Waals surface area contributed by atoms with Gasteiger partial charge in [0.05, 0.1) is 0 Å². The third kappa shape index (κ3) is 3.22. The number of nitrogens with zero attached hydrogens (tertiary/aromatic N) is 3. The van der Waals surface area contributed by atoms with Gasteiger partial charge in [0.15, 0.2) is 0 Å². The summed E-state index contributed by atoms with van der Waals surface area (Å²) in [7, 11) is 0. The van der Waals surface area contributed by atoms with Crippen molar-refractivity contribution in [2.75, 3.05) is 18.0 Å². The standard InChI is InChI=1S/C12H17F3N4S/c13-12(14,15)10-17-18-11(20-10)19(9-4-5-9)7-8-3-1-2-6-16-8/h8-9,16H,1-7H2. The largest absolute Gasteiger partial charge is 0.445 e. The van der Waals surface area contributed by atoms with Gasteiger partial charge in [0, 0.05) is 18.6 Å². The lowest BCUT2D eigenvalue weighted by Gasteiger charge is -2.30. The maximum absolute atomic E-state index is 12.6. The fourth-order valence-electron chi connectivity index (χ4n) is 2.53. The Labute approximate surface area is 119 Å². The molecule has 2 fully saturated rings. The van der Waals surface area contributed by atoms with Gasteiger partial charge in [-0.2, -0.15) is 13.2 Å². The minimum atomic E-state index is -4.39. The molecule has 1 unspecified atom stereocenters. The molecule has 1 aliphatic heterocycles. The normalized spacial score (nSPS) is 23.9. The SMILES string of the molecule is FC(F)(F)c1nnc(N(CC2CCCCN2)C2CC2)s1. The van der Waals surface area contributed by atoms with E-state index in [2.05, 4.69) is 15.5 Å². The molecule has 1 aliphatic carbocycles. The molecule has 2 heterocycles. The van der Waals surface area contributed by atoms with Gasteiger partial charge in [-0.3, -0.25) is 0 Å². The zero-order valence-electron chi connectivity index (χ0n) is 11.0. The number of halogens is 3. The van der Waals surface area contributed by atoms with E-state index in [0.717, 1.165) is 32.4 Å². The van der Waals surface area contributed by atoms with Gasteiger partial charge in [-0.1, -0.05) is 17.8 Å². The van der Waals surface area contributed by atoms with E-state index in [4.69, 9.17) is 0 Å². The first-order valence-electron chi connectivity index (χ1n) is 6.95. The van der Waals surface area contributed by atoms with Crippen LogP contribution in [0.15, 0.2) is 0 Å². The summed E-state index contributed by atoms with van der Waals surface area (Å²) in [6.45, 7) is 1.73. The van der Waals surface area contributed by atoms with Gasteiger partial charge >= 0.3 is 6.18 Å². The second-order valence-electron chi connectivity index (χ2n) is 5.42. The third-order valence-electron chi connectivity index (χ3n) is 3.72. The van der Waals surface area contributed by atoms with Crippen LogP contribution in [-0.2, 0) is 6.18 Å². The maximum atomic E-state index is 12.6. The molecule has 4 nitrogen and oxygen atoms in total. The van der Waals surface area contributed by atoms with E-state index in [1.165, 1.54) is 12.8 Å². The minimum Gasteiger partial charge on any atom is -0.342 e. The number of rotatable bonds is 4. The molecule has 3 rings (SSSR count). The van der Waals surface area contributed by atoms with E-state index in [1.807, 2.05) is 4.90 Å². The maximum Gasteiger partial charge on any atom is 0.445 e. The van der Waals surface area contributed by atoms with Crippen LogP contribution in [0.3, 0.4) is 0 Å². The molecular formula is C12H17F3N4S. The lowest BCUT2D eigenvalue weighted by molar-refractivity contribution is -0.138. The first-order valence-corrected chi connectivity index (χ1v) is 7.76. The number of piperidine rings is 1. The summed E-state index contributed by atoms with van der Waals surface area (Å²) in [5, 5.41) is 10.0. The van der Waals surface area contributed by atoms with Gasteiger partial charge in [-0.05, 0) is 32.2 Å². The highest BCUT2D eigenvalue weighted by molar-refractivity contribution is 7.15. The molecule has 0 radical (unpaired) electrons. The molecule has 0 bridgehead atoms. The molecule has 8 heteroatoms. The van der Waals surface area contributed by atoms with Crippen molar-refractivity contribution in [1.29, 1.82) is 0 Å². The Balaban J connectivity index is 1.71. The van der Waals surface area contributed by atoms with Crippen LogP contribution in [0.4, 0.5) is 18.3 Å². The van der Waals surface area contributed by atoms with Crippen molar-refractivity contribution >= 4 is 16.5 Å². The van der Waals surface area contributed by atoms with Crippen molar-refractivity contribution in [2.45, 2.75) is 50.4 Å². The van der Waals surface area contributed by atoms with E-state index < -0.39 is 11.2 Å². The van der Waals surface area contributed by atoms with E-state index >= 15 is 0 Å². The molecule has 0 amide bonds. The van der Waals surface area contributed by atoms with Gasteiger partial charge in [0.25, 0.3) is 0 Å². The van der Waals surface area contributed by atoms with Crippen LogP contribution in [0.1, 0.15) is 37.1 Å². The molecule has 1 atom stereocenters. The summed E-state index contributed by atoms with van der Waals surface area (Å²) in [5.41, 5.74) is 0. The van der Waals surface area contributed by atoms with E-state index in [0.29, 0.717) is 28.6 Å². The van der Waals surface area contributed by atoms with Gasteiger partial charge in [0.1, 0.15) is 0 Å². The van der Waals surface area contributed by atoms with Crippen molar-refractivity contribution in [1.82, 2.24) is 15.5 Å². The van der Waals surface area contributed by atoms with Crippen molar-refractivity contribution in [3.05, 3.63) is 5.01 Å². The number of anilines is 1. The average Bonchev–Trinajstić information content (AvgIpc) is 3.12. The average molecular weight is 306 g/mol. The Kier molecular flexibility index (Phi) is 3.85. The predicted molar refractivity (Wildman–Crippen MR) is 70.9 cm³/mol. The lowest BCUT2D eigenvalue weighted by Crippen LogP contribution is -2.44. The van der Waals surface area contributed by atoms with Gasteiger partial charge < -0.3 is 10.2 Å². The number of nitrogens with one attached hydrogen (secondary N) is 1. The summed E-state index contributed by atoms with van der Waals surface area (Å²) in [4.78, 5) is 2.01. The molecule has 20 heavy (non-hydrogen) atoms. The molecular weight excluding hydrogens is 289 g/mol. The molecule has 0 spiro atoms. The second kappa shape index (κ2) is 5.48. The molecule has 1 aromatic heterocycles. The van der Waals surface area contributed by atoms with Crippen LogP contribution in [0.25, 0.3) is 0 Å². The highest BCUT2D eigenvalue weighted by atomic mass is 32.1. The topological polar surface area (TPSA) is 41.1 Å². The fraction of sp³-hybridized carbons (Fsp3) is 0.833. The van der Waals surface area contributed by atoms with Crippen LogP contribution in [0.2, 0.25) is 0 Å². The molecule has 112 valence electrons. The van der Waals surface area contributed by atoms with Gasteiger partial charge in [-0.25, -0.2) is 0 Å². The summed E-state index contributed by atoms with van der Waals surface area (Å²) in [5.74, 6) is 0. The first-order chi connectivity index (χ1) is 9.54. The van der Waals surface area contributed by atoms with Gasteiger partial charge in [-0.15, -0.1) is 10.2 Å². The summed E-state index contributed by atoms with van der Waals surface area (Å²) < 4.78 is 37.9. The summed E-state index contributed by atoms with van der Waals surface area (Å²) >= 11 is 0.656. The Morgan fingerprint density at radius 2 is 2.00 bits per heavy atom. The zero-order valence-corrected chi connectivity index (χ0v) is 11.8. The van der Waals surface area contributed by atoms with Crippen molar-refractivity contribution in [3.63, 3.8) is 0 Å². The molecule has 1 N–H and O–H groups in total. The fourth-order valence-corrected chi connectivity index (χ4v) is 3.33. The van der Waals surface area contributed by atoms with Crippen LogP contribution < -0.4 is 10.2 Å². The highest BCUT2D eigenvalue weighted by Crippen LogP contribution is 2.38. The van der Waals surface area contributed by atoms with Crippen LogP contribution in [0, 0.1) is 0 Å². The predicted octanol–water partition coefficient (Wildman–Crippen LogP) is 2.67. The Bertz CT molecular complexity index is 452. The quantitative estimate of drug-likeness (QED) is 0.928. The molecule has 1 saturated heterocycles. The minimum absolute atomic E-state index is 0.341. The van der Waals surface area contributed by atoms with Crippen LogP contribution in [0.5, 0.6) is 0 Å². The third-order valence-corrected chi connectivity index (χ3v) is 4.72. The van der Waals surface area contributed by atoms with Crippen LogP contribution >= 0.6 is 11.3 Å². The van der Waals surface area contributed by atoms with Crippen LogP contribution in [-0.4, -0.2) is 35.4 Å². The lowest BCUT2D eigenvalue weighted by atomic mass is 10.0. The Morgan fingerprint density at radius 1 is 1.20 bits per heavy atom. The number of hydrogen-bond acceptors (Lipinski definition) is 5. The smallest absolute Gasteiger partial charge is 0.342 e. The van der Waals surface area contributed by atoms with Crippen molar-refractivity contribution in [3.8, 4) is 0 Å². The van der Waals surface area contributed by atoms with E-state index in [9.17, 15) is 13.2 Å². The molecule has 1 aromatic rings. The monoisotopic (exact) mass is 306 g/mol. The molecule has 0 aromatic carbocycles. The number of hydrogen-bond donors (Lipinski definition) is 1. The highest BCUT2D eigenvalue weighted by Gasteiger charge is 2.38. The number of aromatic nitrogens is 2.